The van der Waals surface area contributed by atoms with Crippen molar-refractivity contribution in [3.63, 3.8) is 0 Å². The first-order valence-electron chi connectivity index (χ1n) is 3.99. The van der Waals surface area contributed by atoms with Gasteiger partial charge in [-0.05, 0) is 36.5 Å². The van der Waals surface area contributed by atoms with E-state index in [2.05, 4.69) is 17.4 Å². The summed E-state index contributed by atoms with van der Waals surface area (Å²) in [6.45, 7) is 0. The molecule has 0 amide bonds. The number of benzene rings is 1. The van der Waals surface area contributed by atoms with Crippen LogP contribution in [0.5, 0.6) is 0 Å². The summed E-state index contributed by atoms with van der Waals surface area (Å²) >= 11 is 0. The van der Waals surface area contributed by atoms with Gasteiger partial charge in [0.15, 0.2) is 0 Å². The van der Waals surface area contributed by atoms with Gasteiger partial charge in [0.05, 0.1) is 7.05 Å². The molecule has 0 unspecified atom stereocenters. The molecule has 0 saturated carbocycles. The molecule has 1 aromatic rings. The maximum absolute atomic E-state index is 5.37. The van der Waals surface area contributed by atoms with Crippen LogP contribution in [0.15, 0.2) is 18.2 Å². The van der Waals surface area contributed by atoms with E-state index in [0.29, 0.717) is 0 Å². The van der Waals surface area contributed by atoms with Crippen LogP contribution >= 0.6 is 0 Å². The Balaban J connectivity index is 2.50. The van der Waals surface area contributed by atoms with Crippen molar-refractivity contribution in [2.45, 2.75) is 19.3 Å². The fraction of sp³-hybridized carbons (Fsp3) is 0.300. The van der Waals surface area contributed by atoms with Crippen LogP contribution in [0.1, 0.15) is 17.5 Å². The molecule has 0 aliphatic heterocycles. The molecule has 11 heavy (non-hydrogen) atoms. The number of rotatable bonds is 1. The first-order valence-corrected chi connectivity index (χ1v) is 3.99. The van der Waals surface area contributed by atoms with Gasteiger partial charge in [0.2, 0.25) is 0 Å². The highest BCUT2D eigenvalue weighted by molar-refractivity contribution is 5.56. The van der Waals surface area contributed by atoms with Crippen LogP contribution in [0.4, 0.5) is 5.69 Å². The second kappa shape index (κ2) is 2.57. The van der Waals surface area contributed by atoms with Gasteiger partial charge in [-0.15, -0.1) is 0 Å². The highest BCUT2D eigenvalue weighted by Gasteiger charge is 2.12. The van der Waals surface area contributed by atoms with Crippen LogP contribution in [-0.2, 0) is 12.8 Å². The average Bonchev–Trinajstić information content (AvgIpc) is 2.50. The van der Waals surface area contributed by atoms with E-state index in [1.807, 2.05) is 6.07 Å². The Labute approximate surface area is 67.4 Å². The zero-order valence-corrected chi connectivity index (χ0v) is 6.43. The van der Waals surface area contributed by atoms with Crippen LogP contribution in [0.25, 0.3) is 0 Å². The molecular formula is C10H11N. The molecule has 1 aliphatic carbocycles. The fourth-order valence-electron chi connectivity index (χ4n) is 1.75. The highest BCUT2D eigenvalue weighted by Crippen LogP contribution is 2.28. The molecule has 1 heteroatoms. The molecule has 0 spiro atoms. The predicted molar refractivity (Wildman–Crippen MR) is 46.4 cm³/mol. The first kappa shape index (κ1) is 6.71. The van der Waals surface area contributed by atoms with Gasteiger partial charge in [0, 0.05) is 5.69 Å². The molecular weight excluding hydrogens is 134 g/mol. The Morgan fingerprint density at radius 2 is 2.18 bits per heavy atom. The maximum Gasteiger partial charge on any atom is 0.0705 e. The summed E-state index contributed by atoms with van der Waals surface area (Å²) < 4.78 is 0. The number of nitrogens with one attached hydrogen (secondary N) is 1. The summed E-state index contributed by atoms with van der Waals surface area (Å²) in [5, 5.41) is 2.73. The lowest BCUT2D eigenvalue weighted by atomic mass is 10.1. The maximum atomic E-state index is 5.37. The lowest BCUT2D eigenvalue weighted by Gasteiger charge is -2.05. The minimum Gasteiger partial charge on any atom is -0.378 e. The van der Waals surface area contributed by atoms with E-state index < -0.39 is 0 Å². The number of fused-ring (bicyclic) bond motifs is 1. The van der Waals surface area contributed by atoms with Crippen LogP contribution in [-0.4, -0.2) is 0 Å². The van der Waals surface area contributed by atoms with E-state index in [9.17, 15) is 0 Å². The quantitative estimate of drug-likeness (QED) is 0.598. The van der Waals surface area contributed by atoms with E-state index in [-0.39, 0.29) is 0 Å². The first-order chi connectivity index (χ1) is 5.42. The molecule has 0 heterocycles. The zero-order valence-electron chi connectivity index (χ0n) is 6.43. The molecule has 1 aliphatic rings. The second-order valence-electron chi connectivity index (χ2n) is 2.94. The molecule has 1 aromatic carbocycles. The molecule has 0 saturated heterocycles. The molecule has 0 aromatic heterocycles. The molecule has 56 valence electrons. The molecule has 0 bridgehead atoms. The standard InChI is InChI=1S/C10H11N/c1-11-10-7-3-5-8-4-2-6-9(8)10/h1,3,5,7,11H,2,4,6H2. The topological polar surface area (TPSA) is 12.0 Å². The van der Waals surface area contributed by atoms with E-state index in [1.54, 1.807) is 0 Å². The number of hydrogen-bond acceptors (Lipinski definition) is 1. The molecule has 2 rings (SSSR count). The summed E-state index contributed by atoms with van der Waals surface area (Å²) in [4.78, 5) is 0. The van der Waals surface area contributed by atoms with Crippen molar-refractivity contribution in [2.24, 2.45) is 0 Å². The van der Waals surface area contributed by atoms with Crippen LogP contribution in [0.2, 0.25) is 0 Å². The lowest BCUT2D eigenvalue weighted by molar-refractivity contribution is 0.912. The Bertz CT molecular complexity index is 266. The van der Waals surface area contributed by atoms with Crippen molar-refractivity contribution in [3.8, 4) is 0 Å². The van der Waals surface area contributed by atoms with Gasteiger partial charge in [-0.25, -0.2) is 0 Å². The number of anilines is 1. The van der Waals surface area contributed by atoms with E-state index in [4.69, 9.17) is 7.05 Å². The van der Waals surface area contributed by atoms with Gasteiger partial charge >= 0.3 is 0 Å². The largest absolute Gasteiger partial charge is 0.378 e. The SMILES string of the molecule is [CH]Nc1cccc2c1CCC2. The van der Waals surface area contributed by atoms with Gasteiger partial charge in [-0.1, -0.05) is 12.1 Å². The minimum atomic E-state index is 1.10. The fourth-order valence-corrected chi connectivity index (χ4v) is 1.75. The highest BCUT2D eigenvalue weighted by atomic mass is 14.8. The summed E-state index contributed by atoms with van der Waals surface area (Å²) in [6.07, 6.45) is 3.66. The summed E-state index contributed by atoms with van der Waals surface area (Å²) in [5.41, 5.74) is 3.97. The van der Waals surface area contributed by atoms with Crippen LogP contribution < -0.4 is 5.32 Å². The molecule has 0 atom stereocenters. The molecule has 1 N–H and O–H groups in total. The van der Waals surface area contributed by atoms with Crippen LogP contribution in [0, 0.1) is 7.05 Å². The molecule has 2 radical (unpaired) electrons. The molecule has 0 fully saturated rings. The number of hydrogen-bond donors (Lipinski definition) is 1. The monoisotopic (exact) mass is 145 g/mol. The Hall–Kier alpha value is -0.980. The van der Waals surface area contributed by atoms with Gasteiger partial charge in [0.25, 0.3) is 0 Å². The Morgan fingerprint density at radius 1 is 1.27 bits per heavy atom. The van der Waals surface area contributed by atoms with Gasteiger partial charge < -0.3 is 5.32 Å². The number of aryl methyl sites for hydroxylation is 1. The van der Waals surface area contributed by atoms with Crippen LogP contribution in [0.3, 0.4) is 0 Å². The van der Waals surface area contributed by atoms with Crippen molar-refractivity contribution in [3.05, 3.63) is 36.4 Å². The van der Waals surface area contributed by atoms with Gasteiger partial charge in [-0.2, -0.15) is 0 Å². The third-order valence-corrected chi connectivity index (χ3v) is 2.30. The Kier molecular flexibility index (Phi) is 1.57. The predicted octanol–water partition coefficient (Wildman–Crippen LogP) is 2.26. The zero-order chi connectivity index (χ0) is 7.68. The van der Waals surface area contributed by atoms with Crippen molar-refractivity contribution in [1.82, 2.24) is 0 Å². The van der Waals surface area contributed by atoms with Crippen molar-refractivity contribution < 1.29 is 0 Å². The third-order valence-electron chi connectivity index (χ3n) is 2.30. The Morgan fingerprint density at radius 3 is 3.00 bits per heavy atom. The minimum absolute atomic E-state index is 1.10. The molecule has 1 nitrogen and oxygen atoms in total. The van der Waals surface area contributed by atoms with Crippen molar-refractivity contribution in [1.29, 1.82) is 0 Å². The third kappa shape index (κ3) is 1.01. The average molecular weight is 145 g/mol. The lowest BCUT2D eigenvalue weighted by Crippen LogP contribution is -1.91. The van der Waals surface area contributed by atoms with Gasteiger partial charge in [-0.3, -0.25) is 0 Å². The second-order valence-corrected chi connectivity index (χ2v) is 2.94. The summed E-state index contributed by atoms with van der Waals surface area (Å²) in [6, 6.07) is 6.27. The van der Waals surface area contributed by atoms with E-state index >= 15 is 0 Å². The van der Waals surface area contributed by atoms with Gasteiger partial charge in [0.1, 0.15) is 0 Å². The van der Waals surface area contributed by atoms with Crippen molar-refractivity contribution in [2.75, 3.05) is 5.32 Å². The van der Waals surface area contributed by atoms with Crippen molar-refractivity contribution >= 4 is 5.69 Å². The normalized spacial score (nSPS) is 14.6. The summed E-state index contributed by atoms with van der Waals surface area (Å²) in [7, 11) is 5.37. The van der Waals surface area contributed by atoms with E-state index in [1.165, 1.54) is 30.4 Å². The summed E-state index contributed by atoms with van der Waals surface area (Å²) in [5.74, 6) is 0. The smallest absolute Gasteiger partial charge is 0.0705 e. The van der Waals surface area contributed by atoms with E-state index in [0.717, 1.165) is 5.69 Å².